The van der Waals surface area contributed by atoms with Crippen LogP contribution in [0.3, 0.4) is 0 Å². The smallest absolute Gasteiger partial charge is 0.337 e. The molecule has 1 aromatic heterocycles. The first-order chi connectivity index (χ1) is 8.61. The number of ether oxygens (including phenoxy) is 1. The van der Waals surface area contributed by atoms with Crippen LogP contribution in [0.2, 0.25) is 0 Å². The average molecular weight is 309 g/mol. The van der Waals surface area contributed by atoms with Gasteiger partial charge in [0, 0.05) is 10.0 Å². The molecule has 2 rings (SSSR count). The van der Waals surface area contributed by atoms with Gasteiger partial charge in [-0.1, -0.05) is 15.9 Å². The lowest BCUT2D eigenvalue weighted by molar-refractivity contribution is 0.0601. The van der Waals surface area contributed by atoms with Crippen molar-refractivity contribution in [2.45, 2.75) is 6.92 Å². The van der Waals surface area contributed by atoms with Crippen molar-refractivity contribution < 1.29 is 9.53 Å². The Labute approximate surface area is 112 Å². The second kappa shape index (κ2) is 5.18. The molecule has 0 radical (unpaired) electrons. The number of hydrogen-bond donors (Lipinski definition) is 0. The van der Waals surface area contributed by atoms with Gasteiger partial charge in [0.1, 0.15) is 0 Å². The number of esters is 1. The van der Waals surface area contributed by atoms with Crippen LogP contribution in [0.25, 0.3) is 11.4 Å². The molecular formula is C11H9BrN4O2. The summed E-state index contributed by atoms with van der Waals surface area (Å²) in [6.45, 7) is 1.70. The van der Waals surface area contributed by atoms with Gasteiger partial charge in [-0.05, 0) is 25.1 Å². The van der Waals surface area contributed by atoms with Crippen molar-refractivity contribution in [3.8, 4) is 11.4 Å². The van der Waals surface area contributed by atoms with Crippen molar-refractivity contribution in [2.75, 3.05) is 7.11 Å². The summed E-state index contributed by atoms with van der Waals surface area (Å²) in [5, 5.41) is 15.5. The Morgan fingerprint density at radius 1 is 1.22 bits per heavy atom. The molecule has 0 N–H and O–H groups in total. The first-order valence-corrected chi connectivity index (χ1v) is 5.83. The van der Waals surface area contributed by atoms with Crippen molar-refractivity contribution in [2.24, 2.45) is 0 Å². The molecule has 0 saturated carbocycles. The summed E-state index contributed by atoms with van der Waals surface area (Å²) in [5.41, 5.74) is 1.05. The summed E-state index contributed by atoms with van der Waals surface area (Å²) in [6.07, 6.45) is 0. The Balaban J connectivity index is 2.49. The van der Waals surface area contributed by atoms with Crippen LogP contribution in [0, 0.1) is 6.92 Å². The summed E-state index contributed by atoms with van der Waals surface area (Å²) >= 11 is 3.37. The Hall–Kier alpha value is -1.89. The summed E-state index contributed by atoms with van der Waals surface area (Å²) in [4.78, 5) is 11.5. The predicted molar refractivity (Wildman–Crippen MR) is 66.8 cm³/mol. The quantitative estimate of drug-likeness (QED) is 0.787. The highest BCUT2D eigenvalue weighted by Crippen LogP contribution is 2.26. The normalized spacial score (nSPS) is 10.2. The van der Waals surface area contributed by atoms with Crippen molar-refractivity contribution in [3.05, 3.63) is 34.1 Å². The predicted octanol–water partition coefficient (Wildman–Crippen LogP) is 1.79. The standard InChI is InChI=1S/C11H9BrN4O2/c1-6-13-15-10(16-14-6)8-5-7(11(17)18-2)3-4-9(8)12/h3-5H,1-2H3. The second-order valence-electron chi connectivity index (χ2n) is 3.46. The Morgan fingerprint density at radius 3 is 2.50 bits per heavy atom. The Bertz CT molecular complexity index is 586. The third-order valence-electron chi connectivity index (χ3n) is 2.21. The summed E-state index contributed by atoms with van der Waals surface area (Å²) in [6, 6.07) is 5.00. The van der Waals surface area contributed by atoms with Crippen molar-refractivity contribution in [1.82, 2.24) is 20.4 Å². The van der Waals surface area contributed by atoms with Gasteiger partial charge in [-0.3, -0.25) is 0 Å². The maximum absolute atomic E-state index is 11.5. The van der Waals surface area contributed by atoms with E-state index in [0.29, 0.717) is 22.8 Å². The van der Waals surface area contributed by atoms with Crippen LogP contribution in [0.4, 0.5) is 0 Å². The molecule has 0 fully saturated rings. The molecule has 0 aliphatic rings. The molecule has 0 unspecified atom stereocenters. The van der Waals surface area contributed by atoms with Crippen LogP contribution in [-0.4, -0.2) is 33.5 Å². The molecule has 7 heteroatoms. The van der Waals surface area contributed by atoms with Gasteiger partial charge in [-0.25, -0.2) is 4.79 Å². The van der Waals surface area contributed by atoms with Gasteiger partial charge in [0.2, 0.25) is 5.82 Å². The molecule has 0 bridgehead atoms. The molecule has 0 amide bonds. The monoisotopic (exact) mass is 308 g/mol. The second-order valence-corrected chi connectivity index (χ2v) is 4.31. The number of aromatic nitrogens is 4. The molecule has 2 aromatic rings. The lowest BCUT2D eigenvalue weighted by atomic mass is 10.1. The van der Waals surface area contributed by atoms with Gasteiger partial charge < -0.3 is 4.74 Å². The topological polar surface area (TPSA) is 77.9 Å². The number of methoxy groups -OCH3 is 1. The number of rotatable bonds is 2. The first kappa shape index (κ1) is 12.6. The van der Waals surface area contributed by atoms with Gasteiger partial charge in [-0.15, -0.1) is 20.4 Å². The minimum Gasteiger partial charge on any atom is -0.465 e. The van der Waals surface area contributed by atoms with Crippen LogP contribution < -0.4 is 0 Å². The number of benzene rings is 1. The van der Waals surface area contributed by atoms with Crippen LogP contribution in [0.15, 0.2) is 22.7 Å². The number of hydrogen-bond acceptors (Lipinski definition) is 6. The molecule has 0 atom stereocenters. The van der Waals surface area contributed by atoms with Crippen molar-refractivity contribution in [3.63, 3.8) is 0 Å². The van der Waals surface area contributed by atoms with E-state index in [1.165, 1.54) is 7.11 Å². The SMILES string of the molecule is COC(=O)c1ccc(Br)c(-c2nnc(C)nn2)c1. The lowest BCUT2D eigenvalue weighted by Crippen LogP contribution is -2.03. The first-order valence-electron chi connectivity index (χ1n) is 5.04. The molecule has 0 saturated heterocycles. The van der Waals surface area contributed by atoms with Crippen molar-refractivity contribution in [1.29, 1.82) is 0 Å². The molecule has 1 heterocycles. The number of carbonyl (C=O) groups is 1. The molecule has 18 heavy (non-hydrogen) atoms. The third-order valence-corrected chi connectivity index (χ3v) is 2.90. The molecular weight excluding hydrogens is 300 g/mol. The molecule has 6 nitrogen and oxygen atoms in total. The van der Waals surface area contributed by atoms with E-state index in [9.17, 15) is 4.79 Å². The van der Waals surface area contributed by atoms with Gasteiger partial charge >= 0.3 is 5.97 Å². The molecule has 0 aliphatic heterocycles. The summed E-state index contributed by atoms with van der Waals surface area (Å²) in [5.74, 6) is 0.411. The van der Waals surface area contributed by atoms with E-state index in [2.05, 4.69) is 41.1 Å². The minimum atomic E-state index is -0.420. The largest absolute Gasteiger partial charge is 0.465 e. The van der Waals surface area contributed by atoms with Crippen LogP contribution in [0.1, 0.15) is 16.2 Å². The van der Waals surface area contributed by atoms with E-state index in [1.54, 1.807) is 25.1 Å². The molecule has 1 aromatic carbocycles. The van der Waals surface area contributed by atoms with Crippen LogP contribution in [-0.2, 0) is 4.74 Å². The van der Waals surface area contributed by atoms with Crippen LogP contribution in [0.5, 0.6) is 0 Å². The summed E-state index contributed by atoms with van der Waals surface area (Å²) in [7, 11) is 1.33. The van der Waals surface area contributed by atoms with E-state index in [0.717, 1.165) is 4.47 Å². The number of halogens is 1. The number of nitrogens with zero attached hydrogens (tertiary/aromatic N) is 4. The highest BCUT2D eigenvalue weighted by atomic mass is 79.9. The van der Waals surface area contributed by atoms with E-state index in [4.69, 9.17) is 0 Å². The highest BCUT2D eigenvalue weighted by molar-refractivity contribution is 9.10. The Kier molecular flexibility index (Phi) is 3.61. The maximum atomic E-state index is 11.5. The lowest BCUT2D eigenvalue weighted by Gasteiger charge is -2.04. The van der Waals surface area contributed by atoms with E-state index in [1.807, 2.05) is 0 Å². The molecule has 0 spiro atoms. The van der Waals surface area contributed by atoms with Crippen molar-refractivity contribution >= 4 is 21.9 Å². The fourth-order valence-corrected chi connectivity index (χ4v) is 1.75. The van der Waals surface area contributed by atoms with E-state index in [-0.39, 0.29) is 0 Å². The summed E-state index contributed by atoms with van der Waals surface area (Å²) < 4.78 is 5.41. The maximum Gasteiger partial charge on any atom is 0.337 e. The van der Waals surface area contributed by atoms with Gasteiger partial charge in [-0.2, -0.15) is 0 Å². The van der Waals surface area contributed by atoms with Gasteiger partial charge in [0.05, 0.1) is 12.7 Å². The minimum absolute atomic E-state index is 0.346. The van der Waals surface area contributed by atoms with E-state index >= 15 is 0 Å². The van der Waals surface area contributed by atoms with Gasteiger partial charge in [0.15, 0.2) is 5.82 Å². The van der Waals surface area contributed by atoms with Gasteiger partial charge in [0.25, 0.3) is 0 Å². The third kappa shape index (κ3) is 2.51. The number of aryl methyl sites for hydroxylation is 1. The zero-order valence-electron chi connectivity index (χ0n) is 9.72. The van der Waals surface area contributed by atoms with E-state index < -0.39 is 5.97 Å². The highest BCUT2D eigenvalue weighted by Gasteiger charge is 2.12. The number of carbonyl (C=O) groups excluding carboxylic acids is 1. The zero-order chi connectivity index (χ0) is 13.1. The molecule has 92 valence electrons. The zero-order valence-corrected chi connectivity index (χ0v) is 11.3. The fraction of sp³-hybridized carbons (Fsp3) is 0.182. The van der Waals surface area contributed by atoms with Crippen LogP contribution >= 0.6 is 15.9 Å². The Morgan fingerprint density at radius 2 is 1.89 bits per heavy atom. The average Bonchev–Trinajstić information content (AvgIpc) is 2.39. The molecule has 0 aliphatic carbocycles. The fourth-order valence-electron chi connectivity index (χ4n) is 1.33.